The third-order valence-electron chi connectivity index (χ3n) is 5.26. The number of anilines is 1. The molecular formula is C19H28N4O6S. The van der Waals surface area contributed by atoms with E-state index in [1.807, 2.05) is 0 Å². The number of β-amino-alcohol motifs (C(OH)–C–C–N with tert-alkyl or cyclic N) is 1. The van der Waals surface area contributed by atoms with Gasteiger partial charge in [0.05, 0.1) is 34.5 Å². The molecule has 2 rings (SSSR count). The van der Waals surface area contributed by atoms with Crippen molar-refractivity contribution < 1.29 is 25.3 Å². The number of nitro groups is 1. The molecule has 1 heterocycles. The molecule has 0 aromatic heterocycles. The van der Waals surface area contributed by atoms with Gasteiger partial charge in [-0.3, -0.25) is 15.0 Å². The Kier molecular flexibility index (Phi) is 9.73. The van der Waals surface area contributed by atoms with Gasteiger partial charge in [-0.15, -0.1) is 0 Å². The summed E-state index contributed by atoms with van der Waals surface area (Å²) in [5, 5.41) is 55.5. The number of isothiocyanates is 1. The second-order valence-electron chi connectivity index (χ2n) is 7.30. The van der Waals surface area contributed by atoms with E-state index in [1.54, 1.807) is 17.0 Å². The van der Waals surface area contributed by atoms with Crippen LogP contribution in [-0.4, -0.2) is 86.0 Å². The Labute approximate surface area is 180 Å². The number of aliphatic hydroxyl groups is 4. The van der Waals surface area contributed by atoms with E-state index in [0.29, 0.717) is 24.5 Å². The minimum atomic E-state index is -1.25. The molecular weight excluding hydrogens is 412 g/mol. The number of aliphatic imine (C=N–C) groups is 1. The summed E-state index contributed by atoms with van der Waals surface area (Å²) in [6, 6.07) is 3.98. The number of hydrogen-bond donors (Lipinski definition) is 5. The zero-order valence-corrected chi connectivity index (χ0v) is 17.4. The van der Waals surface area contributed by atoms with Crippen molar-refractivity contribution >= 4 is 34.4 Å². The van der Waals surface area contributed by atoms with Crippen LogP contribution >= 0.6 is 12.2 Å². The summed E-state index contributed by atoms with van der Waals surface area (Å²) in [5.41, 5.74) is 0.730. The van der Waals surface area contributed by atoms with Crippen molar-refractivity contribution in [3.63, 3.8) is 0 Å². The van der Waals surface area contributed by atoms with Crippen molar-refractivity contribution in [1.29, 1.82) is 0 Å². The molecule has 5 N–H and O–H groups in total. The number of benzene rings is 1. The molecule has 1 aromatic rings. The van der Waals surface area contributed by atoms with E-state index in [4.69, 9.17) is 0 Å². The maximum atomic E-state index is 11.2. The molecule has 0 spiro atoms. The molecule has 1 aliphatic rings. The largest absolute Gasteiger partial charge is 0.395 e. The molecule has 0 unspecified atom stereocenters. The van der Waals surface area contributed by atoms with Crippen LogP contribution in [0.2, 0.25) is 0 Å². The smallest absolute Gasteiger partial charge is 0.294 e. The number of nitro benzene ring substituents is 1. The molecule has 1 aliphatic heterocycles. The van der Waals surface area contributed by atoms with E-state index in [9.17, 15) is 30.5 Å². The van der Waals surface area contributed by atoms with E-state index < -0.39 is 29.3 Å². The van der Waals surface area contributed by atoms with Crippen LogP contribution in [0.4, 0.5) is 17.1 Å². The summed E-state index contributed by atoms with van der Waals surface area (Å²) in [6.07, 6.45) is -0.0805. The predicted molar refractivity (Wildman–Crippen MR) is 115 cm³/mol. The molecule has 166 valence electrons. The Morgan fingerprint density at radius 1 is 1.23 bits per heavy atom. The summed E-state index contributed by atoms with van der Waals surface area (Å²) >= 11 is 4.51. The van der Waals surface area contributed by atoms with Gasteiger partial charge < -0.3 is 25.7 Å². The molecule has 1 aromatic carbocycles. The maximum Gasteiger partial charge on any atom is 0.294 e. The fourth-order valence-electron chi connectivity index (χ4n) is 3.59. The molecule has 0 saturated carbocycles. The van der Waals surface area contributed by atoms with E-state index in [-0.39, 0.29) is 18.8 Å². The van der Waals surface area contributed by atoms with Crippen LogP contribution in [0.3, 0.4) is 0 Å². The average Bonchev–Trinajstić information content (AvgIpc) is 2.72. The number of nitrogens with one attached hydrogen (secondary N) is 1. The second kappa shape index (κ2) is 12.0. The van der Waals surface area contributed by atoms with Crippen molar-refractivity contribution in [2.75, 3.05) is 31.6 Å². The first-order chi connectivity index (χ1) is 14.4. The number of piperidine rings is 1. The Morgan fingerprint density at radius 3 is 2.63 bits per heavy atom. The molecule has 30 heavy (non-hydrogen) atoms. The highest BCUT2D eigenvalue weighted by molar-refractivity contribution is 7.78. The third kappa shape index (κ3) is 6.51. The summed E-state index contributed by atoms with van der Waals surface area (Å²) in [5.74, 6) is 0. The Balaban J connectivity index is 1.72. The molecule has 1 saturated heterocycles. The van der Waals surface area contributed by atoms with Crippen molar-refractivity contribution in [3.05, 3.63) is 28.3 Å². The lowest BCUT2D eigenvalue weighted by molar-refractivity contribution is -0.383. The number of aliphatic hydroxyl groups excluding tert-OH is 4. The van der Waals surface area contributed by atoms with Crippen LogP contribution in [0.15, 0.2) is 23.2 Å². The van der Waals surface area contributed by atoms with E-state index >= 15 is 0 Å². The van der Waals surface area contributed by atoms with Gasteiger partial charge in [-0.1, -0.05) is 12.8 Å². The second-order valence-corrected chi connectivity index (χ2v) is 7.48. The Hall–Kier alpha value is -1.98. The molecule has 0 radical (unpaired) electrons. The van der Waals surface area contributed by atoms with Gasteiger partial charge in [0.1, 0.15) is 17.9 Å². The van der Waals surface area contributed by atoms with E-state index in [1.165, 1.54) is 6.07 Å². The highest BCUT2D eigenvalue weighted by atomic mass is 32.1. The first kappa shape index (κ1) is 24.3. The van der Waals surface area contributed by atoms with Gasteiger partial charge in [0.2, 0.25) is 0 Å². The van der Waals surface area contributed by atoms with Crippen LogP contribution in [0.1, 0.15) is 25.7 Å². The number of nitrogens with zero attached hydrogens (tertiary/aromatic N) is 3. The highest BCUT2D eigenvalue weighted by Crippen LogP contribution is 2.29. The average molecular weight is 441 g/mol. The standard InChI is InChI=1S/C19H28N4O6S/c24-11-16-18(26)19(27)17(25)10-22(16)8-4-2-1-3-7-20-14-6-5-13(21-12-30)9-15(14)23(28)29/h5-6,9,16-20,24-27H,1-4,7-8,10-11H2/t16-,17+,18-,19-/m1/s1. The van der Waals surface area contributed by atoms with E-state index in [0.717, 1.165) is 25.7 Å². The quantitative estimate of drug-likeness (QED) is 0.112. The van der Waals surface area contributed by atoms with Crippen LogP contribution in [0.25, 0.3) is 0 Å². The minimum Gasteiger partial charge on any atom is -0.395 e. The van der Waals surface area contributed by atoms with Gasteiger partial charge in [0.15, 0.2) is 0 Å². The molecule has 10 nitrogen and oxygen atoms in total. The number of likely N-dealkylation sites (tertiary alicyclic amines) is 1. The van der Waals surface area contributed by atoms with Crippen molar-refractivity contribution in [3.8, 4) is 0 Å². The summed E-state index contributed by atoms with van der Waals surface area (Å²) in [6.45, 7) is 1.08. The van der Waals surface area contributed by atoms with Crippen LogP contribution in [-0.2, 0) is 0 Å². The number of hydrogen-bond acceptors (Lipinski definition) is 10. The van der Waals surface area contributed by atoms with Crippen LogP contribution < -0.4 is 5.32 Å². The number of unbranched alkanes of at least 4 members (excludes halogenated alkanes) is 3. The highest BCUT2D eigenvalue weighted by Gasteiger charge is 2.40. The fourth-order valence-corrected chi connectivity index (χ4v) is 3.70. The Morgan fingerprint density at radius 2 is 1.97 bits per heavy atom. The van der Waals surface area contributed by atoms with Gasteiger partial charge in [0.25, 0.3) is 5.69 Å². The molecule has 11 heteroatoms. The summed E-state index contributed by atoms with van der Waals surface area (Å²) in [7, 11) is 0. The van der Waals surface area contributed by atoms with Gasteiger partial charge in [-0.2, -0.15) is 4.99 Å². The van der Waals surface area contributed by atoms with Gasteiger partial charge in [-0.05, 0) is 43.7 Å². The third-order valence-corrected chi connectivity index (χ3v) is 5.35. The monoisotopic (exact) mass is 440 g/mol. The molecule has 0 aliphatic carbocycles. The molecule has 0 amide bonds. The summed E-state index contributed by atoms with van der Waals surface area (Å²) in [4.78, 5) is 16.3. The molecule has 1 fully saturated rings. The number of rotatable bonds is 11. The summed E-state index contributed by atoms with van der Waals surface area (Å²) < 4.78 is 0. The van der Waals surface area contributed by atoms with Crippen LogP contribution in [0.5, 0.6) is 0 Å². The Bertz CT molecular complexity index is 761. The van der Waals surface area contributed by atoms with E-state index in [2.05, 4.69) is 27.7 Å². The van der Waals surface area contributed by atoms with Gasteiger partial charge in [-0.25, -0.2) is 0 Å². The molecule has 0 bridgehead atoms. The maximum absolute atomic E-state index is 11.2. The zero-order chi connectivity index (χ0) is 22.1. The van der Waals surface area contributed by atoms with Gasteiger partial charge >= 0.3 is 0 Å². The van der Waals surface area contributed by atoms with Crippen LogP contribution in [0, 0.1) is 10.1 Å². The predicted octanol–water partition coefficient (Wildman–Crippen LogP) is 1.06. The lowest BCUT2D eigenvalue weighted by atomic mass is 9.94. The molecule has 4 atom stereocenters. The normalized spacial score (nSPS) is 24.3. The SMILES string of the molecule is O=[N+]([O-])c1cc(N=C=S)ccc1NCCCCCCN1C[C@H](O)[C@@H](O)[C@H](O)[C@H]1CO. The van der Waals surface area contributed by atoms with Crippen molar-refractivity contribution in [2.45, 2.75) is 50.0 Å². The van der Waals surface area contributed by atoms with Gasteiger partial charge in [0, 0.05) is 19.2 Å². The zero-order valence-electron chi connectivity index (χ0n) is 16.6. The topological polar surface area (TPSA) is 152 Å². The van der Waals surface area contributed by atoms with Crippen molar-refractivity contribution in [1.82, 2.24) is 4.90 Å². The number of thiocarbonyl (C=S) groups is 1. The lowest BCUT2D eigenvalue weighted by Crippen LogP contribution is -2.62. The lowest BCUT2D eigenvalue weighted by Gasteiger charge is -2.43. The first-order valence-corrected chi connectivity index (χ1v) is 10.3. The van der Waals surface area contributed by atoms with Crippen molar-refractivity contribution in [2.24, 2.45) is 4.99 Å². The first-order valence-electron chi connectivity index (χ1n) is 9.88. The fraction of sp³-hybridized carbons (Fsp3) is 0.632. The minimum absolute atomic E-state index is 0.0686.